The number of hydrogen-bond acceptors (Lipinski definition) is 5. The first kappa shape index (κ1) is 17.0. The molecule has 0 radical (unpaired) electrons. The molecule has 0 spiro atoms. The Hall–Kier alpha value is -3.48. The van der Waals surface area contributed by atoms with Gasteiger partial charge in [0.05, 0.1) is 12.1 Å². The van der Waals surface area contributed by atoms with Gasteiger partial charge in [0.1, 0.15) is 12.7 Å². The van der Waals surface area contributed by atoms with E-state index in [0.29, 0.717) is 23.7 Å². The van der Waals surface area contributed by atoms with Gasteiger partial charge in [0, 0.05) is 17.1 Å². The zero-order chi connectivity index (χ0) is 18.6. The second-order valence-electron chi connectivity index (χ2n) is 6.13. The van der Waals surface area contributed by atoms with Crippen LogP contribution in [0.5, 0.6) is 11.5 Å². The molecule has 0 fully saturated rings. The Morgan fingerprint density at radius 3 is 2.78 bits per heavy atom. The molecule has 1 atom stereocenters. The van der Waals surface area contributed by atoms with Crippen LogP contribution in [0.1, 0.15) is 10.4 Å². The van der Waals surface area contributed by atoms with Crippen LogP contribution in [-0.2, 0) is 9.53 Å². The molecule has 1 amide bonds. The molecular formula is C20H18N2O5. The molecule has 2 heterocycles. The third kappa shape index (κ3) is 3.72. The lowest BCUT2D eigenvalue weighted by Crippen LogP contribution is -2.42. The van der Waals surface area contributed by atoms with Crippen molar-refractivity contribution in [1.82, 2.24) is 10.3 Å². The third-order valence-corrected chi connectivity index (χ3v) is 4.24. The highest BCUT2D eigenvalue weighted by atomic mass is 16.6. The van der Waals surface area contributed by atoms with Gasteiger partial charge in [-0.05, 0) is 18.2 Å². The summed E-state index contributed by atoms with van der Waals surface area (Å²) < 4.78 is 16.5. The second kappa shape index (κ2) is 7.41. The smallest absolute Gasteiger partial charge is 0.340 e. The van der Waals surface area contributed by atoms with E-state index in [1.807, 2.05) is 48.5 Å². The molecule has 27 heavy (non-hydrogen) atoms. The Morgan fingerprint density at radius 2 is 1.89 bits per heavy atom. The maximum absolute atomic E-state index is 12.2. The van der Waals surface area contributed by atoms with Crippen LogP contribution < -0.4 is 14.8 Å². The summed E-state index contributed by atoms with van der Waals surface area (Å²) in [4.78, 5) is 27.2. The standard InChI is InChI=1S/C20H18N2O5/c23-19(22-9-13-11-25-17-7-3-4-8-18(17)27-13)12-26-20(24)15-10-21-16-6-2-1-5-14(15)16/h1-8,10,13,21H,9,11-12H2,(H,22,23)/t13-/m1/s1. The monoisotopic (exact) mass is 366 g/mol. The highest BCUT2D eigenvalue weighted by molar-refractivity contribution is 6.04. The first-order valence-corrected chi connectivity index (χ1v) is 8.59. The Balaban J connectivity index is 1.26. The van der Waals surface area contributed by atoms with Gasteiger partial charge in [-0.25, -0.2) is 4.79 Å². The predicted molar refractivity (Wildman–Crippen MR) is 97.9 cm³/mol. The zero-order valence-electron chi connectivity index (χ0n) is 14.4. The summed E-state index contributed by atoms with van der Waals surface area (Å²) in [5.74, 6) is 0.390. The zero-order valence-corrected chi connectivity index (χ0v) is 14.4. The maximum Gasteiger partial charge on any atom is 0.340 e. The Labute approximate surface area is 155 Å². The van der Waals surface area contributed by atoms with Crippen molar-refractivity contribution in [3.05, 3.63) is 60.3 Å². The van der Waals surface area contributed by atoms with Crippen molar-refractivity contribution in [3.63, 3.8) is 0 Å². The number of aromatic nitrogens is 1. The van der Waals surface area contributed by atoms with Gasteiger partial charge in [0.25, 0.3) is 5.91 Å². The largest absolute Gasteiger partial charge is 0.486 e. The molecule has 138 valence electrons. The van der Waals surface area contributed by atoms with Crippen LogP contribution in [0.25, 0.3) is 10.9 Å². The first-order valence-electron chi connectivity index (χ1n) is 8.59. The molecule has 0 bridgehead atoms. The minimum Gasteiger partial charge on any atom is -0.486 e. The molecule has 1 aliphatic rings. The molecule has 0 saturated heterocycles. The summed E-state index contributed by atoms with van der Waals surface area (Å²) in [7, 11) is 0. The number of ether oxygens (including phenoxy) is 3. The van der Waals surface area contributed by atoms with E-state index in [1.165, 1.54) is 0 Å². The van der Waals surface area contributed by atoms with Crippen LogP contribution in [0.2, 0.25) is 0 Å². The minimum absolute atomic E-state index is 0.262. The number of aromatic amines is 1. The molecule has 1 aliphatic heterocycles. The lowest BCUT2D eigenvalue weighted by molar-refractivity contribution is -0.124. The first-order chi connectivity index (χ1) is 13.2. The SMILES string of the molecule is O=C(COC(=O)c1c[nH]c2ccccc12)NC[C@@H]1COc2ccccc2O1. The van der Waals surface area contributed by atoms with Crippen molar-refractivity contribution >= 4 is 22.8 Å². The molecule has 3 aromatic rings. The van der Waals surface area contributed by atoms with Crippen LogP contribution in [0.4, 0.5) is 0 Å². The van der Waals surface area contributed by atoms with E-state index in [-0.39, 0.29) is 19.3 Å². The van der Waals surface area contributed by atoms with Gasteiger partial charge in [-0.2, -0.15) is 0 Å². The molecule has 1 aromatic heterocycles. The lowest BCUT2D eigenvalue weighted by Gasteiger charge is -2.26. The van der Waals surface area contributed by atoms with E-state index in [4.69, 9.17) is 14.2 Å². The quantitative estimate of drug-likeness (QED) is 0.676. The predicted octanol–water partition coefficient (Wildman–Crippen LogP) is 2.28. The normalized spacial score (nSPS) is 15.3. The van der Waals surface area contributed by atoms with Crippen molar-refractivity contribution in [2.45, 2.75) is 6.10 Å². The fourth-order valence-corrected chi connectivity index (χ4v) is 2.89. The van der Waals surface area contributed by atoms with Gasteiger partial charge in [-0.1, -0.05) is 30.3 Å². The summed E-state index contributed by atoms with van der Waals surface area (Å²) in [6.45, 7) is 0.243. The van der Waals surface area contributed by atoms with E-state index in [0.717, 1.165) is 10.9 Å². The van der Waals surface area contributed by atoms with E-state index in [1.54, 1.807) is 6.20 Å². The second-order valence-corrected chi connectivity index (χ2v) is 6.13. The molecular weight excluding hydrogens is 348 g/mol. The molecule has 0 unspecified atom stereocenters. The number of esters is 1. The number of para-hydroxylation sites is 3. The van der Waals surface area contributed by atoms with Crippen LogP contribution in [0, 0.1) is 0 Å². The van der Waals surface area contributed by atoms with E-state index in [2.05, 4.69) is 10.3 Å². The van der Waals surface area contributed by atoms with E-state index in [9.17, 15) is 9.59 Å². The Morgan fingerprint density at radius 1 is 1.11 bits per heavy atom. The number of rotatable bonds is 5. The van der Waals surface area contributed by atoms with Crippen LogP contribution in [0.15, 0.2) is 54.7 Å². The lowest BCUT2D eigenvalue weighted by atomic mass is 10.2. The Kier molecular flexibility index (Phi) is 4.65. The van der Waals surface area contributed by atoms with Crippen LogP contribution in [-0.4, -0.2) is 42.7 Å². The van der Waals surface area contributed by atoms with Gasteiger partial charge >= 0.3 is 5.97 Å². The molecule has 7 heteroatoms. The maximum atomic E-state index is 12.2. The van der Waals surface area contributed by atoms with Crippen molar-refractivity contribution in [1.29, 1.82) is 0 Å². The van der Waals surface area contributed by atoms with Gasteiger partial charge in [0.15, 0.2) is 18.1 Å². The number of H-pyrrole nitrogens is 1. The highest BCUT2D eigenvalue weighted by Crippen LogP contribution is 2.30. The summed E-state index contributed by atoms with van der Waals surface area (Å²) >= 11 is 0. The Bertz CT molecular complexity index is 981. The molecule has 0 aliphatic carbocycles. The number of hydrogen-bond donors (Lipinski definition) is 2. The van der Waals surface area contributed by atoms with Crippen molar-refractivity contribution in [3.8, 4) is 11.5 Å². The van der Waals surface area contributed by atoms with Crippen molar-refractivity contribution in [2.75, 3.05) is 19.8 Å². The minimum atomic E-state index is -0.547. The number of carbonyl (C=O) groups is 2. The molecule has 0 saturated carbocycles. The average molecular weight is 366 g/mol. The fourth-order valence-electron chi connectivity index (χ4n) is 2.89. The molecule has 2 N–H and O–H groups in total. The third-order valence-electron chi connectivity index (χ3n) is 4.24. The van der Waals surface area contributed by atoms with E-state index < -0.39 is 11.9 Å². The molecule has 7 nitrogen and oxygen atoms in total. The topological polar surface area (TPSA) is 89.7 Å². The summed E-state index contributed by atoms with van der Waals surface area (Å²) in [5.41, 5.74) is 1.24. The van der Waals surface area contributed by atoms with Crippen molar-refractivity contribution in [2.24, 2.45) is 0 Å². The van der Waals surface area contributed by atoms with Crippen molar-refractivity contribution < 1.29 is 23.8 Å². The molecule has 4 rings (SSSR count). The number of nitrogens with one attached hydrogen (secondary N) is 2. The summed E-state index contributed by atoms with van der Waals surface area (Å²) in [5, 5.41) is 3.45. The van der Waals surface area contributed by atoms with Gasteiger partial charge in [0.2, 0.25) is 0 Å². The van der Waals surface area contributed by atoms with Gasteiger partial charge in [-0.3, -0.25) is 4.79 Å². The number of carbonyl (C=O) groups excluding carboxylic acids is 2. The van der Waals surface area contributed by atoms with Gasteiger partial charge in [-0.15, -0.1) is 0 Å². The number of benzene rings is 2. The highest BCUT2D eigenvalue weighted by Gasteiger charge is 2.21. The summed E-state index contributed by atoms with van der Waals surface area (Å²) in [6.07, 6.45) is 1.28. The van der Waals surface area contributed by atoms with Crippen LogP contribution in [0.3, 0.4) is 0 Å². The molecule has 2 aromatic carbocycles. The van der Waals surface area contributed by atoms with Gasteiger partial charge < -0.3 is 24.5 Å². The van der Waals surface area contributed by atoms with E-state index >= 15 is 0 Å². The number of fused-ring (bicyclic) bond motifs is 2. The summed E-state index contributed by atoms with van der Waals surface area (Å²) in [6, 6.07) is 14.8. The average Bonchev–Trinajstić information content (AvgIpc) is 3.14. The van der Waals surface area contributed by atoms with Crippen LogP contribution >= 0.6 is 0 Å². The fraction of sp³-hybridized carbons (Fsp3) is 0.200. The number of amides is 1.